The van der Waals surface area contributed by atoms with Crippen LogP contribution in [-0.4, -0.2) is 47.2 Å². The highest BCUT2D eigenvalue weighted by molar-refractivity contribution is 5.92. The average molecular weight is 241 g/mol. The Morgan fingerprint density at radius 1 is 1.71 bits per heavy atom. The molecule has 0 aliphatic rings. The number of amides is 1. The number of aromatic nitrogens is 2. The molecule has 0 fully saturated rings. The van der Waals surface area contributed by atoms with Crippen molar-refractivity contribution >= 4 is 5.91 Å². The van der Waals surface area contributed by atoms with Gasteiger partial charge in [0.2, 0.25) is 0 Å². The van der Waals surface area contributed by atoms with Gasteiger partial charge in [-0.1, -0.05) is 6.92 Å². The molecule has 0 aliphatic heterocycles. The predicted octanol–water partition coefficient (Wildman–Crippen LogP) is -0.280. The van der Waals surface area contributed by atoms with Crippen molar-refractivity contribution in [1.82, 2.24) is 15.1 Å². The van der Waals surface area contributed by atoms with Crippen LogP contribution in [0.5, 0.6) is 0 Å². The van der Waals surface area contributed by atoms with Gasteiger partial charge in [0.1, 0.15) is 5.69 Å². The smallest absolute Gasteiger partial charge is 0.269 e. The molecule has 96 valence electrons. The molecular formula is C11H19N3O3. The third-order valence-electron chi connectivity index (χ3n) is 2.45. The Bertz CT molecular complexity index is 376. The highest BCUT2D eigenvalue weighted by Crippen LogP contribution is 2.04. The number of ether oxygens (including phenoxy) is 1. The van der Waals surface area contributed by atoms with Gasteiger partial charge in [-0.25, -0.2) is 0 Å². The number of aliphatic hydroxyl groups excluding tert-OH is 1. The zero-order valence-corrected chi connectivity index (χ0v) is 10.4. The maximum Gasteiger partial charge on any atom is 0.269 e. The van der Waals surface area contributed by atoms with Crippen molar-refractivity contribution in [3.05, 3.63) is 17.5 Å². The Kier molecular flexibility index (Phi) is 5.11. The van der Waals surface area contributed by atoms with Gasteiger partial charge in [-0.3, -0.25) is 9.48 Å². The fraction of sp³-hybridized carbons (Fsp3) is 0.636. The Morgan fingerprint density at radius 2 is 2.41 bits per heavy atom. The number of carbonyl (C=O) groups excluding carboxylic acids is 1. The van der Waals surface area contributed by atoms with E-state index >= 15 is 0 Å². The highest BCUT2D eigenvalue weighted by atomic mass is 16.5. The molecule has 1 atom stereocenters. The van der Waals surface area contributed by atoms with Gasteiger partial charge in [0.05, 0.1) is 24.9 Å². The quantitative estimate of drug-likeness (QED) is 0.718. The van der Waals surface area contributed by atoms with E-state index in [1.807, 2.05) is 6.92 Å². The molecule has 1 heterocycles. The molecule has 0 aliphatic carbocycles. The van der Waals surface area contributed by atoms with Gasteiger partial charge >= 0.3 is 0 Å². The van der Waals surface area contributed by atoms with Crippen molar-refractivity contribution in [2.24, 2.45) is 7.05 Å². The van der Waals surface area contributed by atoms with E-state index in [2.05, 4.69) is 10.4 Å². The number of aryl methyl sites for hydroxylation is 2. The van der Waals surface area contributed by atoms with Crippen molar-refractivity contribution in [2.45, 2.75) is 19.4 Å². The third kappa shape index (κ3) is 3.54. The molecule has 1 aromatic rings. The van der Waals surface area contributed by atoms with Crippen LogP contribution in [0.3, 0.4) is 0 Å². The van der Waals surface area contributed by atoms with Crippen LogP contribution in [-0.2, 0) is 18.2 Å². The van der Waals surface area contributed by atoms with E-state index in [1.54, 1.807) is 13.1 Å². The Balaban J connectivity index is 2.71. The number of hydrogen-bond donors (Lipinski definition) is 2. The Hall–Kier alpha value is -1.40. The number of nitrogens with zero attached hydrogens (tertiary/aromatic N) is 2. The molecule has 1 unspecified atom stereocenters. The molecule has 0 aromatic carbocycles. The molecule has 6 heteroatoms. The van der Waals surface area contributed by atoms with Gasteiger partial charge in [-0.15, -0.1) is 0 Å². The lowest BCUT2D eigenvalue weighted by atomic mass is 10.2. The summed E-state index contributed by atoms with van der Waals surface area (Å²) in [5.74, 6) is -0.254. The van der Waals surface area contributed by atoms with E-state index < -0.39 is 6.04 Å². The summed E-state index contributed by atoms with van der Waals surface area (Å²) in [6, 6.07) is 1.35. The van der Waals surface area contributed by atoms with Crippen molar-refractivity contribution in [1.29, 1.82) is 0 Å². The van der Waals surface area contributed by atoms with Gasteiger partial charge in [0.15, 0.2) is 0 Å². The van der Waals surface area contributed by atoms with E-state index in [1.165, 1.54) is 11.8 Å². The summed E-state index contributed by atoms with van der Waals surface area (Å²) in [6.45, 7) is 2.10. The van der Waals surface area contributed by atoms with E-state index in [0.717, 1.165) is 12.1 Å². The summed E-state index contributed by atoms with van der Waals surface area (Å²) in [5.41, 5.74) is 1.35. The van der Waals surface area contributed by atoms with Gasteiger partial charge in [-0.05, 0) is 12.5 Å². The van der Waals surface area contributed by atoms with E-state index in [9.17, 15) is 4.79 Å². The number of aliphatic hydroxyl groups is 1. The fourth-order valence-electron chi connectivity index (χ4n) is 1.51. The molecule has 1 aromatic heterocycles. The number of carbonyl (C=O) groups is 1. The summed E-state index contributed by atoms with van der Waals surface area (Å²) >= 11 is 0. The highest BCUT2D eigenvalue weighted by Gasteiger charge is 2.16. The number of rotatable bonds is 6. The van der Waals surface area contributed by atoms with E-state index in [-0.39, 0.29) is 19.1 Å². The first-order valence-corrected chi connectivity index (χ1v) is 5.55. The van der Waals surface area contributed by atoms with E-state index in [0.29, 0.717) is 5.69 Å². The molecule has 0 saturated carbocycles. The lowest BCUT2D eigenvalue weighted by molar-refractivity contribution is 0.0831. The van der Waals surface area contributed by atoms with Crippen LogP contribution in [0, 0.1) is 0 Å². The molecule has 1 amide bonds. The first kappa shape index (κ1) is 13.7. The zero-order valence-electron chi connectivity index (χ0n) is 10.4. The largest absolute Gasteiger partial charge is 0.394 e. The molecular weight excluding hydrogens is 222 g/mol. The summed E-state index contributed by atoms with van der Waals surface area (Å²) < 4.78 is 6.43. The number of nitrogens with one attached hydrogen (secondary N) is 1. The summed E-state index contributed by atoms with van der Waals surface area (Å²) in [5, 5.41) is 15.9. The minimum Gasteiger partial charge on any atom is -0.394 e. The normalized spacial score (nSPS) is 12.5. The third-order valence-corrected chi connectivity index (χ3v) is 2.45. The van der Waals surface area contributed by atoms with Crippen molar-refractivity contribution < 1.29 is 14.6 Å². The minimum absolute atomic E-state index is 0.155. The SMILES string of the molecule is CCc1cc(C(=O)NC(CO)COC)n(C)n1. The lowest BCUT2D eigenvalue weighted by Gasteiger charge is -2.14. The number of methoxy groups -OCH3 is 1. The Morgan fingerprint density at radius 3 is 2.88 bits per heavy atom. The second-order valence-electron chi connectivity index (χ2n) is 3.81. The van der Waals surface area contributed by atoms with Crippen LogP contribution in [0.4, 0.5) is 0 Å². The summed E-state index contributed by atoms with van der Waals surface area (Å²) in [4.78, 5) is 11.9. The van der Waals surface area contributed by atoms with Gasteiger partial charge in [0.25, 0.3) is 5.91 Å². The average Bonchev–Trinajstić information content (AvgIpc) is 2.70. The van der Waals surface area contributed by atoms with Crippen molar-refractivity contribution in [2.75, 3.05) is 20.3 Å². The molecule has 1 rings (SSSR count). The summed E-state index contributed by atoms with van der Waals surface area (Å²) in [6.07, 6.45) is 0.780. The monoisotopic (exact) mass is 241 g/mol. The van der Waals surface area contributed by atoms with Crippen LogP contribution < -0.4 is 5.32 Å². The second kappa shape index (κ2) is 6.36. The molecule has 0 spiro atoms. The summed E-state index contributed by atoms with van der Waals surface area (Å²) in [7, 11) is 3.24. The maximum atomic E-state index is 11.9. The van der Waals surface area contributed by atoms with Crippen LogP contribution in [0.1, 0.15) is 23.1 Å². The second-order valence-corrected chi connectivity index (χ2v) is 3.81. The van der Waals surface area contributed by atoms with Gasteiger partial charge in [0, 0.05) is 14.2 Å². The van der Waals surface area contributed by atoms with Crippen LogP contribution in [0.15, 0.2) is 6.07 Å². The molecule has 6 nitrogen and oxygen atoms in total. The van der Waals surface area contributed by atoms with E-state index in [4.69, 9.17) is 9.84 Å². The van der Waals surface area contributed by atoms with Crippen LogP contribution >= 0.6 is 0 Å². The molecule has 0 bridgehead atoms. The zero-order chi connectivity index (χ0) is 12.8. The van der Waals surface area contributed by atoms with Gasteiger partial charge < -0.3 is 15.2 Å². The first-order chi connectivity index (χ1) is 8.12. The number of hydrogen-bond acceptors (Lipinski definition) is 4. The molecule has 2 N–H and O–H groups in total. The Labute approximate surface area is 101 Å². The first-order valence-electron chi connectivity index (χ1n) is 5.55. The van der Waals surface area contributed by atoms with Gasteiger partial charge in [-0.2, -0.15) is 5.10 Å². The minimum atomic E-state index is -0.396. The fourth-order valence-corrected chi connectivity index (χ4v) is 1.51. The predicted molar refractivity (Wildman–Crippen MR) is 62.8 cm³/mol. The molecule has 0 saturated heterocycles. The lowest BCUT2D eigenvalue weighted by Crippen LogP contribution is -2.41. The van der Waals surface area contributed by atoms with Crippen LogP contribution in [0.25, 0.3) is 0 Å². The maximum absolute atomic E-state index is 11.9. The standard InChI is InChI=1S/C11H19N3O3/c1-4-8-5-10(14(2)13-8)11(16)12-9(6-15)7-17-3/h5,9,15H,4,6-7H2,1-3H3,(H,12,16). The molecule has 0 radical (unpaired) electrons. The topological polar surface area (TPSA) is 76.4 Å². The van der Waals surface area contributed by atoms with Crippen LogP contribution in [0.2, 0.25) is 0 Å². The van der Waals surface area contributed by atoms with Crippen molar-refractivity contribution in [3.8, 4) is 0 Å². The van der Waals surface area contributed by atoms with Crippen molar-refractivity contribution in [3.63, 3.8) is 0 Å². The molecule has 17 heavy (non-hydrogen) atoms.